The summed E-state index contributed by atoms with van der Waals surface area (Å²) in [6, 6.07) is 11.9. The highest BCUT2D eigenvalue weighted by Gasteiger charge is 2.12. The van der Waals surface area contributed by atoms with Crippen molar-refractivity contribution in [3.8, 4) is 0 Å². The number of rotatable bonds is 9. The van der Waals surface area contributed by atoms with Gasteiger partial charge in [-0.25, -0.2) is 0 Å². The number of benzene rings is 1. The second-order valence-electron chi connectivity index (χ2n) is 6.67. The Morgan fingerprint density at radius 1 is 1.25 bits per heavy atom. The number of carbonyl (C=O) groups is 1. The average Bonchev–Trinajstić information content (AvgIpc) is 3.12. The zero-order valence-electron chi connectivity index (χ0n) is 15.9. The van der Waals surface area contributed by atoms with Crippen molar-refractivity contribution >= 4 is 40.2 Å². The van der Waals surface area contributed by atoms with Crippen LogP contribution in [0.4, 0.5) is 11.4 Å². The Kier molecular flexibility index (Phi) is 7.91. The lowest BCUT2D eigenvalue weighted by molar-refractivity contribution is -0.116. The summed E-state index contributed by atoms with van der Waals surface area (Å²) in [4.78, 5) is 18.0. The van der Waals surface area contributed by atoms with Crippen LogP contribution in [0.3, 0.4) is 0 Å². The van der Waals surface area contributed by atoms with E-state index >= 15 is 0 Å². The van der Waals surface area contributed by atoms with Crippen molar-refractivity contribution in [2.24, 2.45) is 0 Å². The number of morpholine rings is 1. The van der Waals surface area contributed by atoms with E-state index in [1.807, 2.05) is 42.5 Å². The lowest BCUT2D eigenvalue weighted by Gasteiger charge is -2.28. The largest absolute Gasteiger partial charge is 0.378 e. The molecule has 1 aromatic carbocycles. The van der Waals surface area contributed by atoms with Gasteiger partial charge in [-0.1, -0.05) is 17.7 Å². The summed E-state index contributed by atoms with van der Waals surface area (Å²) in [7, 11) is 0. The van der Waals surface area contributed by atoms with Crippen LogP contribution in [0, 0.1) is 0 Å². The maximum absolute atomic E-state index is 12.4. The summed E-state index contributed by atoms with van der Waals surface area (Å²) < 4.78 is 6.17. The molecule has 0 unspecified atom stereocenters. The summed E-state index contributed by atoms with van der Waals surface area (Å²) in [5.41, 5.74) is 1.98. The number of hydrogen-bond donors (Lipinski definition) is 1. The fourth-order valence-electron chi connectivity index (χ4n) is 3.13. The van der Waals surface area contributed by atoms with E-state index in [2.05, 4.69) is 21.7 Å². The zero-order chi connectivity index (χ0) is 19.8. The second kappa shape index (κ2) is 10.6. The first-order chi connectivity index (χ1) is 13.6. The number of ether oxygens (including phenoxy) is 1. The molecule has 5 nitrogen and oxygen atoms in total. The number of anilines is 2. The maximum atomic E-state index is 12.4. The van der Waals surface area contributed by atoms with Gasteiger partial charge in [0, 0.05) is 55.4 Å². The quantitative estimate of drug-likeness (QED) is 0.617. The number of thiophene rings is 1. The molecule has 0 aliphatic carbocycles. The van der Waals surface area contributed by atoms with Crippen molar-refractivity contribution in [3.05, 3.63) is 58.3 Å². The number of hydrogen-bond acceptors (Lipinski definition) is 5. The van der Waals surface area contributed by atoms with E-state index in [-0.39, 0.29) is 5.91 Å². The Hall–Kier alpha value is -1.86. The lowest BCUT2D eigenvalue weighted by Crippen LogP contribution is -2.36. The molecule has 1 fully saturated rings. The molecule has 1 saturated heterocycles. The van der Waals surface area contributed by atoms with Crippen molar-refractivity contribution in [3.63, 3.8) is 0 Å². The van der Waals surface area contributed by atoms with Crippen LogP contribution in [0.25, 0.3) is 0 Å². The number of nitrogens with one attached hydrogen (secondary N) is 1. The van der Waals surface area contributed by atoms with Crippen LogP contribution in [0.15, 0.2) is 49.1 Å². The van der Waals surface area contributed by atoms with Crippen LogP contribution >= 0.6 is 22.9 Å². The maximum Gasteiger partial charge on any atom is 0.225 e. The first-order valence-electron chi connectivity index (χ1n) is 9.44. The third kappa shape index (κ3) is 6.34. The Morgan fingerprint density at radius 3 is 2.64 bits per heavy atom. The van der Waals surface area contributed by atoms with Gasteiger partial charge in [0.25, 0.3) is 0 Å². The highest BCUT2D eigenvalue weighted by atomic mass is 35.5. The van der Waals surface area contributed by atoms with Gasteiger partial charge in [-0.3, -0.25) is 9.69 Å². The predicted molar refractivity (Wildman–Crippen MR) is 118 cm³/mol. The minimum Gasteiger partial charge on any atom is -0.378 e. The molecule has 2 aromatic rings. The molecule has 28 heavy (non-hydrogen) atoms. The Bertz CT molecular complexity index is 772. The fraction of sp³-hybridized carbons (Fsp3) is 0.381. The number of nitrogens with zero attached hydrogens (tertiary/aromatic N) is 2. The normalized spacial score (nSPS) is 14.3. The number of halogens is 1. The summed E-state index contributed by atoms with van der Waals surface area (Å²) in [5, 5.41) is 2.98. The van der Waals surface area contributed by atoms with Gasteiger partial charge in [-0.05, 0) is 36.4 Å². The second-order valence-corrected chi connectivity index (χ2v) is 8.47. The van der Waals surface area contributed by atoms with E-state index in [0.717, 1.165) is 55.1 Å². The zero-order valence-corrected chi connectivity index (χ0v) is 17.5. The van der Waals surface area contributed by atoms with E-state index in [1.54, 1.807) is 11.3 Å². The van der Waals surface area contributed by atoms with Crippen molar-refractivity contribution in [2.75, 3.05) is 49.6 Å². The minimum atomic E-state index is 0.0115. The molecule has 1 N–H and O–H groups in total. The van der Waals surface area contributed by atoms with E-state index in [1.165, 1.54) is 4.88 Å². The standard InChI is InChI=1S/C21H26ClN3O2S/c1-2-10-24(16-19-7-8-20(22)28-19)11-9-21(26)23-17-3-5-18(6-4-17)25-12-14-27-15-13-25/h2-8H,1,9-16H2,(H,23,26). The van der Waals surface area contributed by atoms with Gasteiger partial charge in [-0.2, -0.15) is 0 Å². The van der Waals surface area contributed by atoms with E-state index in [9.17, 15) is 4.79 Å². The van der Waals surface area contributed by atoms with Crippen LogP contribution in [0.5, 0.6) is 0 Å². The van der Waals surface area contributed by atoms with Crippen molar-refractivity contribution in [1.29, 1.82) is 0 Å². The van der Waals surface area contributed by atoms with Gasteiger partial charge in [0.05, 0.1) is 17.6 Å². The van der Waals surface area contributed by atoms with Crippen LogP contribution in [0.1, 0.15) is 11.3 Å². The lowest BCUT2D eigenvalue weighted by atomic mass is 10.2. The van der Waals surface area contributed by atoms with E-state index in [0.29, 0.717) is 13.0 Å². The topological polar surface area (TPSA) is 44.8 Å². The molecule has 0 atom stereocenters. The molecular weight excluding hydrogens is 394 g/mol. The molecular formula is C21H26ClN3O2S. The summed E-state index contributed by atoms with van der Waals surface area (Å²) in [6.45, 7) is 9.31. The van der Waals surface area contributed by atoms with Crippen molar-refractivity contribution < 1.29 is 9.53 Å². The molecule has 0 spiro atoms. The first-order valence-corrected chi connectivity index (χ1v) is 10.6. The van der Waals surface area contributed by atoms with Crippen LogP contribution in [-0.2, 0) is 16.1 Å². The Labute approximate surface area is 175 Å². The molecule has 3 rings (SSSR count). The van der Waals surface area contributed by atoms with Crippen molar-refractivity contribution in [2.45, 2.75) is 13.0 Å². The Morgan fingerprint density at radius 2 is 2.00 bits per heavy atom. The van der Waals surface area contributed by atoms with Crippen LogP contribution in [-0.4, -0.2) is 50.2 Å². The van der Waals surface area contributed by atoms with Gasteiger partial charge < -0.3 is 15.0 Å². The fourth-order valence-corrected chi connectivity index (χ4v) is 4.26. The van der Waals surface area contributed by atoms with Gasteiger partial charge in [0.15, 0.2) is 0 Å². The van der Waals surface area contributed by atoms with Gasteiger partial charge in [0.2, 0.25) is 5.91 Å². The van der Waals surface area contributed by atoms with E-state index in [4.69, 9.17) is 16.3 Å². The molecule has 1 amide bonds. The molecule has 150 valence electrons. The first kappa shape index (κ1) is 20.9. The smallest absolute Gasteiger partial charge is 0.225 e. The van der Waals surface area contributed by atoms with Gasteiger partial charge in [0.1, 0.15) is 0 Å². The molecule has 0 radical (unpaired) electrons. The van der Waals surface area contributed by atoms with E-state index < -0.39 is 0 Å². The van der Waals surface area contributed by atoms with Crippen molar-refractivity contribution in [1.82, 2.24) is 4.90 Å². The predicted octanol–water partition coefficient (Wildman–Crippen LogP) is 4.25. The monoisotopic (exact) mass is 419 g/mol. The number of carbonyl (C=O) groups excluding carboxylic acids is 1. The molecule has 0 bridgehead atoms. The van der Waals surface area contributed by atoms with Crippen LogP contribution < -0.4 is 10.2 Å². The van der Waals surface area contributed by atoms with Gasteiger partial charge >= 0.3 is 0 Å². The third-order valence-electron chi connectivity index (χ3n) is 4.58. The van der Waals surface area contributed by atoms with Crippen LogP contribution in [0.2, 0.25) is 4.34 Å². The average molecular weight is 420 g/mol. The SMILES string of the molecule is C=CCN(CCC(=O)Nc1ccc(N2CCOCC2)cc1)Cc1ccc(Cl)s1. The summed E-state index contributed by atoms with van der Waals surface area (Å²) in [6.07, 6.45) is 2.29. The third-order valence-corrected chi connectivity index (χ3v) is 5.79. The molecule has 1 aliphatic heterocycles. The molecule has 7 heteroatoms. The Balaban J connectivity index is 1.47. The molecule has 0 saturated carbocycles. The molecule has 1 aromatic heterocycles. The molecule has 2 heterocycles. The highest BCUT2D eigenvalue weighted by molar-refractivity contribution is 7.16. The molecule has 1 aliphatic rings. The minimum absolute atomic E-state index is 0.0115. The number of amides is 1. The summed E-state index contributed by atoms with van der Waals surface area (Å²) >= 11 is 7.57. The highest BCUT2D eigenvalue weighted by Crippen LogP contribution is 2.23. The van der Waals surface area contributed by atoms with Gasteiger partial charge in [-0.15, -0.1) is 17.9 Å². The summed E-state index contributed by atoms with van der Waals surface area (Å²) in [5.74, 6) is 0.0115.